The Morgan fingerprint density at radius 2 is 1.94 bits per heavy atom. The van der Waals surface area contributed by atoms with Gasteiger partial charge in [-0.15, -0.1) is 0 Å². The van der Waals surface area contributed by atoms with Gasteiger partial charge in [0, 0.05) is 5.92 Å². The standard InChI is InChI=1S/C14H21N3O/c1-14(2,3)11-6-4-10(5-7-11)13-16-12(8-9-15)18-17-13/h10-11H,4-8H2,1-3H3. The maximum atomic E-state index is 8.59. The first kappa shape index (κ1) is 13.1. The van der Waals surface area contributed by atoms with Crippen LogP contribution in [0.15, 0.2) is 4.52 Å². The molecule has 0 radical (unpaired) electrons. The lowest BCUT2D eigenvalue weighted by Gasteiger charge is -2.36. The topological polar surface area (TPSA) is 62.7 Å². The number of hydrogen-bond donors (Lipinski definition) is 0. The molecule has 1 heterocycles. The Balaban J connectivity index is 1.95. The summed E-state index contributed by atoms with van der Waals surface area (Å²) in [5.41, 5.74) is 0.397. The van der Waals surface area contributed by atoms with Gasteiger partial charge in [-0.1, -0.05) is 25.9 Å². The van der Waals surface area contributed by atoms with Gasteiger partial charge in [-0.3, -0.25) is 0 Å². The molecule has 98 valence electrons. The van der Waals surface area contributed by atoms with E-state index in [1.807, 2.05) is 6.07 Å². The van der Waals surface area contributed by atoms with Gasteiger partial charge < -0.3 is 4.52 Å². The zero-order valence-electron chi connectivity index (χ0n) is 11.4. The van der Waals surface area contributed by atoms with Gasteiger partial charge >= 0.3 is 0 Å². The Morgan fingerprint density at radius 3 is 2.50 bits per heavy atom. The van der Waals surface area contributed by atoms with Crippen molar-refractivity contribution in [1.82, 2.24) is 10.1 Å². The number of aromatic nitrogens is 2. The van der Waals surface area contributed by atoms with Crippen LogP contribution < -0.4 is 0 Å². The molecule has 0 atom stereocenters. The number of nitriles is 1. The summed E-state index contributed by atoms with van der Waals surface area (Å²) in [6, 6.07) is 2.03. The van der Waals surface area contributed by atoms with E-state index in [9.17, 15) is 0 Å². The fourth-order valence-electron chi connectivity index (χ4n) is 2.79. The van der Waals surface area contributed by atoms with Crippen molar-refractivity contribution in [3.05, 3.63) is 11.7 Å². The van der Waals surface area contributed by atoms with Crippen LogP contribution in [0.1, 0.15) is 64.1 Å². The predicted octanol–water partition coefficient (Wildman–Crippen LogP) is 3.46. The summed E-state index contributed by atoms with van der Waals surface area (Å²) in [6.45, 7) is 6.95. The highest BCUT2D eigenvalue weighted by molar-refractivity contribution is 5.00. The molecule has 0 aliphatic heterocycles. The number of hydrogen-bond acceptors (Lipinski definition) is 4. The molecule has 0 N–H and O–H groups in total. The van der Waals surface area contributed by atoms with Crippen molar-refractivity contribution >= 4 is 0 Å². The second-order valence-corrected chi connectivity index (χ2v) is 6.30. The van der Waals surface area contributed by atoms with Crippen LogP contribution in [0, 0.1) is 22.7 Å². The Hall–Kier alpha value is -1.37. The highest BCUT2D eigenvalue weighted by Gasteiger charge is 2.31. The minimum Gasteiger partial charge on any atom is -0.338 e. The van der Waals surface area contributed by atoms with Crippen LogP contribution in [0.4, 0.5) is 0 Å². The van der Waals surface area contributed by atoms with Crippen molar-refractivity contribution in [2.24, 2.45) is 11.3 Å². The smallest absolute Gasteiger partial charge is 0.240 e. The summed E-state index contributed by atoms with van der Waals surface area (Å²) in [5, 5.41) is 12.6. The van der Waals surface area contributed by atoms with E-state index < -0.39 is 0 Å². The summed E-state index contributed by atoms with van der Waals surface area (Å²) in [4.78, 5) is 4.31. The lowest BCUT2D eigenvalue weighted by molar-refractivity contribution is 0.166. The van der Waals surface area contributed by atoms with Gasteiger partial charge in [-0.25, -0.2) is 0 Å². The molecule has 0 amide bonds. The van der Waals surface area contributed by atoms with E-state index in [2.05, 4.69) is 30.9 Å². The van der Waals surface area contributed by atoms with Crippen LogP contribution in [0.3, 0.4) is 0 Å². The van der Waals surface area contributed by atoms with Crippen molar-refractivity contribution in [3.8, 4) is 6.07 Å². The second-order valence-electron chi connectivity index (χ2n) is 6.30. The molecule has 1 aliphatic rings. The summed E-state index contributed by atoms with van der Waals surface area (Å²) >= 11 is 0. The van der Waals surface area contributed by atoms with E-state index in [-0.39, 0.29) is 6.42 Å². The summed E-state index contributed by atoms with van der Waals surface area (Å²) in [6.07, 6.45) is 4.94. The van der Waals surface area contributed by atoms with Gasteiger partial charge in [0.05, 0.1) is 6.07 Å². The van der Waals surface area contributed by atoms with Crippen LogP contribution in [0.25, 0.3) is 0 Å². The minimum absolute atomic E-state index is 0.213. The zero-order chi connectivity index (χ0) is 13.2. The average Bonchev–Trinajstić information content (AvgIpc) is 2.77. The fourth-order valence-corrected chi connectivity index (χ4v) is 2.79. The number of rotatable bonds is 2. The molecule has 0 aromatic carbocycles. The summed E-state index contributed by atoms with van der Waals surface area (Å²) in [7, 11) is 0. The van der Waals surface area contributed by atoms with Crippen LogP contribution in [0.2, 0.25) is 0 Å². The van der Waals surface area contributed by atoms with Crippen LogP contribution in [-0.4, -0.2) is 10.1 Å². The average molecular weight is 247 g/mol. The van der Waals surface area contributed by atoms with E-state index in [0.29, 0.717) is 17.2 Å². The van der Waals surface area contributed by atoms with Gasteiger partial charge in [0.2, 0.25) is 5.89 Å². The maximum Gasteiger partial charge on any atom is 0.240 e. The molecule has 0 unspecified atom stereocenters. The molecule has 1 saturated carbocycles. The molecule has 0 spiro atoms. The van der Waals surface area contributed by atoms with Gasteiger partial charge in [-0.05, 0) is 37.0 Å². The Labute approximate surface area is 108 Å². The Bertz CT molecular complexity index is 431. The molecule has 4 heteroatoms. The predicted molar refractivity (Wildman–Crippen MR) is 67.8 cm³/mol. The summed E-state index contributed by atoms with van der Waals surface area (Å²) in [5.74, 6) is 2.46. The second kappa shape index (κ2) is 5.09. The van der Waals surface area contributed by atoms with Crippen molar-refractivity contribution in [2.45, 2.75) is 58.8 Å². The third kappa shape index (κ3) is 2.90. The third-order valence-electron chi connectivity index (χ3n) is 4.03. The lowest BCUT2D eigenvalue weighted by Crippen LogP contribution is -2.25. The van der Waals surface area contributed by atoms with Crippen molar-refractivity contribution in [2.75, 3.05) is 0 Å². The third-order valence-corrected chi connectivity index (χ3v) is 4.03. The molecular formula is C14H21N3O. The first-order valence-electron chi connectivity index (χ1n) is 6.70. The molecule has 18 heavy (non-hydrogen) atoms. The molecule has 0 saturated heterocycles. The lowest BCUT2D eigenvalue weighted by atomic mass is 9.70. The molecule has 1 aliphatic carbocycles. The van der Waals surface area contributed by atoms with Gasteiger partial charge in [0.25, 0.3) is 0 Å². The largest absolute Gasteiger partial charge is 0.338 e. The highest BCUT2D eigenvalue weighted by atomic mass is 16.5. The summed E-state index contributed by atoms with van der Waals surface area (Å²) < 4.78 is 5.07. The highest BCUT2D eigenvalue weighted by Crippen LogP contribution is 2.42. The van der Waals surface area contributed by atoms with E-state index in [1.165, 1.54) is 12.8 Å². The molecular weight excluding hydrogens is 226 g/mol. The molecule has 2 rings (SSSR count). The molecule has 1 aromatic heterocycles. The van der Waals surface area contributed by atoms with E-state index in [1.54, 1.807) is 0 Å². The van der Waals surface area contributed by atoms with Crippen molar-refractivity contribution in [1.29, 1.82) is 5.26 Å². The van der Waals surface area contributed by atoms with E-state index in [4.69, 9.17) is 9.78 Å². The maximum absolute atomic E-state index is 8.59. The number of nitrogens with zero attached hydrogens (tertiary/aromatic N) is 3. The van der Waals surface area contributed by atoms with Gasteiger partial charge in [-0.2, -0.15) is 10.2 Å². The quantitative estimate of drug-likeness (QED) is 0.803. The van der Waals surface area contributed by atoms with Crippen LogP contribution in [0.5, 0.6) is 0 Å². The molecule has 4 nitrogen and oxygen atoms in total. The van der Waals surface area contributed by atoms with Gasteiger partial charge in [0.1, 0.15) is 6.42 Å². The molecule has 1 fully saturated rings. The van der Waals surface area contributed by atoms with Crippen LogP contribution in [-0.2, 0) is 6.42 Å². The fraction of sp³-hybridized carbons (Fsp3) is 0.786. The SMILES string of the molecule is CC(C)(C)C1CCC(c2noc(CC#N)n2)CC1. The van der Waals surface area contributed by atoms with E-state index >= 15 is 0 Å². The van der Waals surface area contributed by atoms with Crippen LogP contribution >= 0.6 is 0 Å². The minimum atomic E-state index is 0.213. The zero-order valence-corrected chi connectivity index (χ0v) is 11.4. The van der Waals surface area contributed by atoms with E-state index in [0.717, 1.165) is 24.6 Å². The van der Waals surface area contributed by atoms with Gasteiger partial charge in [0.15, 0.2) is 5.82 Å². The Morgan fingerprint density at radius 1 is 1.28 bits per heavy atom. The molecule has 1 aromatic rings. The normalized spacial score (nSPS) is 24.8. The monoisotopic (exact) mass is 247 g/mol. The molecule has 0 bridgehead atoms. The Kier molecular flexibility index (Phi) is 3.70. The first-order valence-corrected chi connectivity index (χ1v) is 6.70. The van der Waals surface area contributed by atoms with Crippen molar-refractivity contribution in [3.63, 3.8) is 0 Å². The first-order chi connectivity index (χ1) is 8.50. The van der Waals surface area contributed by atoms with Crippen molar-refractivity contribution < 1.29 is 4.52 Å².